The third kappa shape index (κ3) is 3.65. The van der Waals surface area contributed by atoms with Gasteiger partial charge in [0.05, 0.1) is 15.7 Å². The number of hydrogen-bond donors (Lipinski definition) is 1. The summed E-state index contributed by atoms with van der Waals surface area (Å²) in [4.78, 5) is 35.8. The van der Waals surface area contributed by atoms with Gasteiger partial charge in [0.25, 0.3) is 0 Å². The highest BCUT2D eigenvalue weighted by molar-refractivity contribution is 9.10. The molecule has 5 nitrogen and oxygen atoms in total. The molecule has 7 heteroatoms. The molecular weight excluding hydrogens is 358 g/mol. The number of carboxylic acid groups (broad SMARTS) is 1. The van der Waals surface area contributed by atoms with Crippen LogP contribution in [0, 0.1) is 5.92 Å². The highest BCUT2D eigenvalue weighted by atomic mass is 79.9. The van der Waals surface area contributed by atoms with Gasteiger partial charge in [-0.1, -0.05) is 17.8 Å². The van der Waals surface area contributed by atoms with E-state index >= 15 is 0 Å². The molecule has 1 aromatic rings. The van der Waals surface area contributed by atoms with E-state index in [0.29, 0.717) is 28.9 Å². The first-order valence-corrected chi connectivity index (χ1v) is 8.13. The maximum Gasteiger partial charge on any atom is 0.336 e. The van der Waals surface area contributed by atoms with Gasteiger partial charge >= 0.3 is 5.97 Å². The fraction of sp³-hybridized carbons (Fsp3) is 0.357. The lowest BCUT2D eigenvalue weighted by atomic mass is 10.1. The maximum absolute atomic E-state index is 12.1. The third-order valence-electron chi connectivity index (χ3n) is 3.23. The van der Waals surface area contributed by atoms with Gasteiger partial charge in [-0.05, 0) is 34.0 Å². The first-order chi connectivity index (χ1) is 9.90. The molecule has 1 unspecified atom stereocenters. The lowest BCUT2D eigenvalue weighted by molar-refractivity contribution is -0.117. The number of rotatable bonds is 4. The second-order valence-corrected chi connectivity index (χ2v) is 6.81. The van der Waals surface area contributed by atoms with Crippen molar-refractivity contribution in [1.82, 2.24) is 0 Å². The van der Waals surface area contributed by atoms with Crippen molar-refractivity contribution in [2.24, 2.45) is 5.92 Å². The van der Waals surface area contributed by atoms with E-state index in [2.05, 4.69) is 15.9 Å². The molecule has 1 heterocycles. The average molecular weight is 372 g/mol. The largest absolute Gasteiger partial charge is 0.478 e. The molecular formula is C14H14BrNO4S. The van der Waals surface area contributed by atoms with Crippen molar-refractivity contribution in [3.8, 4) is 0 Å². The highest BCUT2D eigenvalue weighted by Crippen LogP contribution is 2.34. The number of benzene rings is 1. The van der Waals surface area contributed by atoms with Gasteiger partial charge in [-0.3, -0.25) is 9.59 Å². The number of carbonyl (C=O) groups excluding carboxylic acids is 2. The molecule has 112 valence electrons. The van der Waals surface area contributed by atoms with Crippen molar-refractivity contribution in [3.63, 3.8) is 0 Å². The van der Waals surface area contributed by atoms with Crippen LogP contribution in [0.1, 0.15) is 23.7 Å². The Hall–Kier alpha value is -1.34. The van der Waals surface area contributed by atoms with E-state index in [1.807, 2.05) is 0 Å². The molecule has 0 aliphatic carbocycles. The minimum Gasteiger partial charge on any atom is -0.478 e. The molecule has 1 aliphatic rings. The fourth-order valence-electron chi connectivity index (χ4n) is 2.25. The quantitative estimate of drug-likeness (QED) is 0.880. The first kappa shape index (κ1) is 16.0. The summed E-state index contributed by atoms with van der Waals surface area (Å²) < 4.78 is 0.408. The Labute approximate surface area is 134 Å². The van der Waals surface area contributed by atoms with Crippen molar-refractivity contribution in [2.45, 2.75) is 13.3 Å². The van der Waals surface area contributed by atoms with E-state index in [0.717, 1.165) is 0 Å². The molecule has 1 aliphatic heterocycles. The lowest BCUT2D eigenvalue weighted by Gasteiger charge is -2.19. The van der Waals surface area contributed by atoms with E-state index in [1.54, 1.807) is 17.0 Å². The van der Waals surface area contributed by atoms with Gasteiger partial charge in [0.1, 0.15) is 0 Å². The van der Waals surface area contributed by atoms with Crippen LogP contribution >= 0.6 is 27.7 Å². The minimum atomic E-state index is -1.04. The molecule has 1 aromatic carbocycles. The summed E-state index contributed by atoms with van der Waals surface area (Å²) >= 11 is 4.48. The van der Waals surface area contributed by atoms with E-state index in [9.17, 15) is 14.4 Å². The Bertz CT molecular complexity index is 605. The number of amides is 1. The van der Waals surface area contributed by atoms with Crippen LogP contribution in [0.2, 0.25) is 0 Å². The fourth-order valence-corrected chi connectivity index (χ4v) is 3.60. The molecule has 0 saturated carbocycles. The predicted octanol–water partition coefficient (Wildman–Crippen LogP) is 2.78. The van der Waals surface area contributed by atoms with Gasteiger partial charge in [0.2, 0.25) is 5.91 Å². The lowest BCUT2D eigenvalue weighted by Crippen LogP contribution is -2.25. The summed E-state index contributed by atoms with van der Waals surface area (Å²) in [6, 6.07) is 4.82. The summed E-state index contributed by atoms with van der Waals surface area (Å²) in [5, 5.41) is 9.16. The molecule has 21 heavy (non-hydrogen) atoms. The Morgan fingerprint density at radius 2 is 2.19 bits per heavy atom. The number of aromatic carboxylic acids is 1. The van der Waals surface area contributed by atoms with Crippen molar-refractivity contribution in [2.75, 3.05) is 17.2 Å². The standard InChI is InChI=1S/C14H14BrNO4S/c1-8(17)21-7-9-5-12(18)16(6-9)11-4-2-3-10(13(11)15)14(19)20/h2-4,9H,5-7H2,1H3,(H,19,20). The van der Waals surface area contributed by atoms with Gasteiger partial charge < -0.3 is 10.0 Å². The van der Waals surface area contributed by atoms with Crippen LogP contribution < -0.4 is 4.90 Å². The smallest absolute Gasteiger partial charge is 0.336 e. The highest BCUT2D eigenvalue weighted by Gasteiger charge is 2.32. The van der Waals surface area contributed by atoms with Crippen LogP contribution in [-0.4, -0.2) is 34.4 Å². The zero-order valence-electron chi connectivity index (χ0n) is 11.3. The van der Waals surface area contributed by atoms with Gasteiger partial charge in [-0.2, -0.15) is 0 Å². The molecule has 0 bridgehead atoms. The van der Waals surface area contributed by atoms with Crippen LogP contribution in [0.4, 0.5) is 5.69 Å². The van der Waals surface area contributed by atoms with E-state index in [-0.39, 0.29) is 22.5 Å². The Balaban J connectivity index is 2.19. The molecule has 0 aromatic heterocycles. The monoisotopic (exact) mass is 371 g/mol. The summed E-state index contributed by atoms with van der Waals surface area (Å²) in [6.45, 7) is 2.01. The van der Waals surface area contributed by atoms with E-state index < -0.39 is 5.97 Å². The summed E-state index contributed by atoms with van der Waals surface area (Å²) in [6.07, 6.45) is 0.379. The molecule has 1 atom stereocenters. The molecule has 1 saturated heterocycles. The topological polar surface area (TPSA) is 74.7 Å². The van der Waals surface area contributed by atoms with Crippen molar-refractivity contribution in [3.05, 3.63) is 28.2 Å². The number of thioether (sulfide) groups is 1. The normalized spacial score (nSPS) is 18.1. The van der Waals surface area contributed by atoms with Gasteiger partial charge in [-0.15, -0.1) is 0 Å². The van der Waals surface area contributed by atoms with E-state index in [4.69, 9.17) is 5.11 Å². The summed E-state index contributed by atoms with van der Waals surface area (Å²) in [5.41, 5.74) is 0.692. The molecule has 1 N–H and O–H groups in total. The zero-order valence-corrected chi connectivity index (χ0v) is 13.7. The van der Waals surface area contributed by atoms with Crippen molar-refractivity contribution in [1.29, 1.82) is 0 Å². The van der Waals surface area contributed by atoms with Crippen LogP contribution in [0.3, 0.4) is 0 Å². The van der Waals surface area contributed by atoms with Crippen LogP contribution in [-0.2, 0) is 9.59 Å². The summed E-state index contributed by atoms with van der Waals surface area (Å²) in [5.74, 6) is -0.383. The molecule has 0 spiro atoms. The number of halogens is 1. The summed E-state index contributed by atoms with van der Waals surface area (Å²) in [7, 11) is 0. The number of carboxylic acids is 1. The SMILES string of the molecule is CC(=O)SCC1CC(=O)N(c2cccc(C(=O)O)c2Br)C1. The van der Waals surface area contributed by atoms with E-state index in [1.165, 1.54) is 24.8 Å². The number of nitrogens with zero attached hydrogens (tertiary/aromatic N) is 1. The van der Waals surface area contributed by atoms with Gasteiger partial charge in [0, 0.05) is 25.6 Å². The Kier molecular flexibility index (Phi) is 5.05. The molecule has 1 amide bonds. The average Bonchev–Trinajstić information content (AvgIpc) is 2.77. The second-order valence-electron chi connectivity index (χ2n) is 4.82. The number of hydrogen-bond acceptors (Lipinski definition) is 4. The molecule has 1 fully saturated rings. The minimum absolute atomic E-state index is 0.0370. The van der Waals surface area contributed by atoms with Gasteiger partial charge in [-0.25, -0.2) is 4.79 Å². The van der Waals surface area contributed by atoms with Crippen molar-refractivity contribution < 1.29 is 19.5 Å². The Morgan fingerprint density at radius 3 is 2.81 bits per heavy atom. The van der Waals surface area contributed by atoms with Gasteiger partial charge in [0.15, 0.2) is 5.12 Å². The van der Waals surface area contributed by atoms with Crippen LogP contribution in [0.15, 0.2) is 22.7 Å². The van der Waals surface area contributed by atoms with Crippen molar-refractivity contribution >= 4 is 50.4 Å². The third-order valence-corrected chi connectivity index (χ3v) is 5.10. The van der Waals surface area contributed by atoms with Crippen LogP contribution in [0.5, 0.6) is 0 Å². The zero-order chi connectivity index (χ0) is 15.6. The molecule has 0 radical (unpaired) electrons. The number of carbonyl (C=O) groups is 3. The first-order valence-electron chi connectivity index (χ1n) is 6.35. The second kappa shape index (κ2) is 6.62. The predicted molar refractivity (Wildman–Crippen MR) is 84.7 cm³/mol. The molecule has 2 rings (SSSR count). The maximum atomic E-state index is 12.1. The number of anilines is 1. The Morgan fingerprint density at radius 1 is 1.48 bits per heavy atom. The van der Waals surface area contributed by atoms with Crippen LogP contribution in [0.25, 0.3) is 0 Å².